The molecular weight excluding hydrogens is 444 g/mol. The van der Waals surface area contributed by atoms with Gasteiger partial charge in [-0.1, -0.05) is 62.9 Å². The van der Waals surface area contributed by atoms with E-state index in [1.165, 1.54) is 0 Å². The van der Waals surface area contributed by atoms with Gasteiger partial charge in [0.05, 0.1) is 18.2 Å². The first-order chi connectivity index (χ1) is 17.0. The van der Waals surface area contributed by atoms with Crippen molar-refractivity contribution in [2.45, 2.75) is 26.8 Å². The van der Waals surface area contributed by atoms with Crippen molar-refractivity contribution in [3.63, 3.8) is 0 Å². The Morgan fingerprint density at radius 3 is 2.40 bits per heavy atom. The number of hydrogen-bond acceptors (Lipinski definition) is 6. The van der Waals surface area contributed by atoms with Crippen LogP contribution in [0.2, 0.25) is 0 Å². The molecule has 186 valence electrons. The second-order valence-electron chi connectivity index (χ2n) is 8.12. The molecule has 1 aliphatic rings. The van der Waals surface area contributed by atoms with E-state index in [0.717, 1.165) is 13.1 Å². The first-order valence-electron chi connectivity index (χ1n) is 12.0. The lowest BCUT2D eigenvalue weighted by molar-refractivity contribution is -0.140. The summed E-state index contributed by atoms with van der Waals surface area (Å²) in [5, 5.41) is 11.2. The molecule has 1 atom stereocenters. The number of nitrogens with zero attached hydrogens (tertiary/aromatic N) is 2. The Morgan fingerprint density at radius 1 is 1.06 bits per heavy atom. The highest BCUT2D eigenvalue weighted by molar-refractivity contribution is 6.46. The van der Waals surface area contributed by atoms with Crippen LogP contribution in [0.25, 0.3) is 5.76 Å². The van der Waals surface area contributed by atoms with Gasteiger partial charge >= 0.3 is 0 Å². The molecule has 1 heterocycles. The van der Waals surface area contributed by atoms with E-state index in [2.05, 4.69) is 25.3 Å². The Labute approximate surface area is 207 Å². The van der Waals surface area contributed by atoms with Crippen LogP contribution in [0.1, 0.15) is 37.9 Å². The number of benzene rings is 2. The zero-order valence-electron chi connectivity index (χ0n) is 20.7. The lowest BCUT2D eigenvalue weighted by Crippen LogP contribution is -2.38. The second-order valence-corrected chi connectivity index (χ2v) is 8.12. The molecule has 1 aliphatic heterocycles. The zero-order chi connectivity index (χ0) is 25.4. The summed E-state index contributed by atoms with van der Waals surface area (Å²) in [4.78, 5) is 30.1. The third kappa shape index (κ3) is 5.74. The summed E-state index contributed by atoms with van der Waals surface area (Å²) < 4.78 is 11.5. The van der Waals surface area contributed by atoms with Crippen molar-refractivity contribution in [1.82, 2.24) is 9.80 Å². The average Bonchev–Trinajstić information content (AvgIpc) is 3.13. The number of carbonyl (C=O) groups is 2. The van der Waals surface area contributed by atoms with E-state index in [9.17, 15) is 14.7 Å². The fourth-order valence-electron chi connectivity index (χ4n) is 4.23. The summed E-state index contributed by atoms with van der Waals surface area (Å²) >= 11 is 0. The minimum atomic E-state index is -0.751. The summed E-state index contributed by atoms with van der Waals surface area (Å²) in [6.45, 7) is 13.0. The van der Waals surface area contributed by atoms with Gasteiger partial charge in [0.25, 0.3) is 11.7 Å². The largest absolute Gasteiger partial charge is 0.507 e. The number of aliphatic hydroxyl groups excluding tert-OH is 1. The molecule has 3 rings (SSSR count). The highest BCUT2D eigenvalue weighted by Crippen LogP contribution is 2.42. The maximum atomic E-state index is 13.2. The van der Waals surface area contributed by atoms with Crippen LogP contribution in [-0.2, 0) is 9.59 Å². The van der Waals surface area contributed by atoms with Crippen LogP contribution in [0.15, 0.2) is 66.8 Å². The van der Waals surface area contributed by atoms with Crippen LogP contribution in [0.4, 0.5) is 0 Å². The number of likely N-dealkylation sites (N-methyl/N-ethyl adjacent to an activating group) is 1. The molecule has 0 spiro atoms. The average molecular weight is 479 g/mol. The number of likely N-dealkylation sites (tertiary alicyclic amines) is 1. The monoisotopic (exact) mass is 478 g/mol. The van der Waals surface area contributed by atoms with Crippen molar-refractivity contribution < 1.29 is 24.2 Å². The normalized spacial score (nSPS) is 17.1. The summed E-state index contributed by atoms with van der Waals surface area (Å²) in [7, 11) is 0. The van der Waals surface area contributed by atoms with Crippen LogP contribution < -0.4 is 9.47 Å². The fourth-order valence-corrected chi connectivity index (χ4v) is 4.23. The molecule has 2 aromatic rings. The number of amides is 1. The maximum absolute atomic E-state index is 13.2. The van der Waals surface area contributed by atoms with Crippen molar-refractivity contribution in [2.24, 2.45) is 0 Å². The van der Waals surface area contributed by atoms with Crippen LogP contribution in [0.5, 0.6) is 11.5 Å². The summed E-state index contributed by atoms with van der Waals surface area (Å²) in [5.41, 5.74) is 1.22. The molecule has 7 heteroatoms. The zero-order valence-corrected chi connectivity index (χ0v) is 20.7. The lowest BCUT2D eigenvalue weighted by atomic mass is 9.95. The van der Waals surface area contributed by atoms with E-state index in [1.54, 1.807) is 53.4 Å². The first-order valence-corrected chi connectivity index (χ1v) is 12.0. The molecule has 1 fully saturated rings. The van der Waals surface area contributed by atoms with Crippen molar-refractivity contribution in [1.29, 1.82) is 0 Å². The number of Topliss-reactive ketones (excluding diaryl/α,β-unsaturated/α-hetero) is 1. The van der Waals surface area contributed by atoms with E-state index in [1.807, 2.05) is 13.0 Å². The molecular formula is C28H34N2O5. The SMILES string of the molecule is C=CCOc1ccc(C2C(=C(O)c3ccccc3)C(=O)C(=O)N2CCN(CC)CC)cc1OCC. The van der Waals surface area contributed by atoms with E-state index >= 15 is 0 Å². The van der Waals surface area contributed by atoms with E-state index < -0.39 is 17.7 Å². The molecule has 35 heavy (non-hydrogen) atoms. The number of carbonyl (C=O) groups excluding carboxylic acids is 2. The Bertz CT molecular complexity index is 1080. The first kappa shape index (κ1) is 26.0. The minimum Gasteiger partial charge on any atom is -0.507 e. The highest BCUT2D eigenvalue weighted by Gasteiger charge is 2.46. The molecule has 0 aliphatic carbocycles. The van der Waals surface area contributed by atoms with Crippen LogP contribution in [-0.4, -0.2) is 66.0 Å². The van der Waals surface area contributed by atoms with E-state index in [4.69, 9.17) is 9.47 Å². The molecule has 0 aromatic heterocycles. The number of rotatable bonds is 12. The highest BCUT2D eigenvalue weighted by atomic mass is 16.5. The van der Waals surface area contributed by atoms with Crippen molar-refractivity contribution in [3.05, 3.63) is 77.9 Å². The molecule has 0 bridgehead atoms. The molecule has 0 radical (unpaired) electrons. The quantitative estimate of drug-likeness (QED) is 0.211. The maximum Gasteiger partial charge on any atom is 0.295 e. The molecule has 1 saturated heterocycles. The van der Waals surface area contributed by atoms with Crippen LogP contribution in [0.3, 0.4) is 0 Å². The summed E-state index contributed by atoms with van der Waals surface area (Å²) in [5.74, 6) is -0.464. The molecule has 1 N–H and O–H groups in total. The van der Waals surface area contributed by atoms with Gasteiger partial charge < -0.3 is 24.4 Å². The van der Waals surface area contributed by atoms with Gasteiger partial charge in [0.1, 0.15) is 12.4 Å². The standard InChI is InChI=1S/C28H34N2O5/c1-5-18-35-22-15-14-21(19-23(22)34-8-4)25-24(26(31)20-12-10-9-11-13-20)27(32)28(33)30(25)17-16-29(6-2)7-3/h5,9-15,19,25,31H,1,6-8,16-18H2,2-4H3. The number of aliphatic hydroxyl groups is 1. The van der Waals surface area contributed by atoms with E-state index in [0.29, 0.717) is 48.9 Å². The molecule has 1 amide bonds. The molecule has 2 aromatic carbocycles. The third-order valence-corrected chi connectivity index (χ3v) is 6.08. The topological polar surface area (TPSA) is 79.3 Å². The van der Waals surface area contributed by atoms with Gasteiger partial charge in [-0.3, -0.25) is 9.59 Å². The predicted molar refractivity (Wildman–Crippen MR) is 137 cm³/mol. The van der Waals surface area contributed by atoms with Gasteiger partial charge in [-0.25, -0.2) is 0 Å². The number of ether oxygens (including phenoxy) is 2. The second kappa shape index (κ2) is 12.2. The van der Waals surface area contributed by atoms with Gasteiger partial charge in [0, 0.05) is 18.7 Å². The van der Waals surface area contributed by atoms with Crippen molar-refractivity contribution in [3.8, 4) is 11.5 Å². The Hall–Kier alpha value is -3.58. The van der Waals surface area contributed by atoms with Crippen LogP contribution >= 0.6 is 0 Å². The molecule has 1 unspecified atom stereocenters. The summed E-state index contributed by atoms with van der Waals surface area (Å²) in [6, 6.07) is 13.4. The Balaban J connectivity index is 2.13. The Kier molecular flexibility index (Phi) is 9.09. The summed E-state index contributed by atoms with van der Waals surface area (Å²) in [6.07, 6.45) is 1.64. The van der Waals surface area contributed by atoms with Crippen molar-refractivity contribution in [2.75, 3.05) is 39.4 Å². The smallest absolute Gasteiger partial charge is 0.295 e. The van der Waals surface area contributed by atoms with Gasteiger partial charge in [0.15, 0.2) is 11.5 Å². The van der Waals surface area contributed by atoms with Crippen LogP contribution in [0, 0.1) is 0 Å². The van der Waals surface area contributed by atoms with Gasteiger partial charge in [-0.2, -0.15) is 0 Å². The van der Waals surface area contributed by atoms with E-state index in [-0.39, 0.29) is 11.3 Å². The van der Waals surface area contributed by atoms with Crippen molar-refractivity contribution >= 4 is 17.4 Å². The predicted octanol–water partition coefficient (Wildman–Crippen LogP) is 4.41. The minimum absolute atomic E-state index is 0.0722. The molecule has 0 saturated carbocycles. The van der Waals surface area contributed by atoms with Gasteiger partial charge in [-0.05, 0) is 37.7 Å². The Morgan fingerprint density at radius 2 is 1.77 bits per heavy atom. The molecule has 7 nitrogen and oxygen atoms in total. The van der Waals surface area contributed by atoms with Gasteiger partial charge in [0.2, 0.25) is 0 Å². The van der Waals surface area contributed by atoms with Gasteiger partial charge in [-0.15, -0.1) is 0 Å². The third-order valence-electron chi connectivity index (χ3n) is 6.08. The fraction of sp³-hybridized carbons (Fsp3) is 0.357. The number of hydrogen-bond donors (Lipinski definition) is 1. The number of ketones is 1. The lowest BCUT2D eigenvalue weighted by Gasteiger charge is -2.28.